The predicted octanol–water partition coefficient (Wildman–Crippen LogP) is 1.68. The van der Waals surface area contributed by atoms with E-state index in [1.54, 1.807) is 21.4 Å². The highest BCUT2D eigenvalue weighted by Crippen LogP contribution is 2.27. The van der Waals surface area contributed by atoms with E-state index in [0.717, 1.165) is 12.8 Å². The van der Waals surface area contributed by atoms with Crippen LogP contribution in [0.4, 0.5) is 0 Å². The minimum atomic E-state index is -3.46. The van der Waals surface area contributed by atoms with Gasteiger partial charge in [0.25, 0.3) is 10.0 Å². The standard InChI is InChI=1S/C11H18ClN3O2S/c1-2-14-8-11(13-9-14)18(16,17)15-7-3-4-10(15)5-6-12/h8-10H,2-7H2,1H3. The Hall–Kier alpha value is -0.590. The van der Waals surface area contributed by atoms with Crippen molar-refractivity contribution in [2.75, 3.05) is 12.4 Å². The van der Waals surface area contributed by atoms with Gasteiger partial charge < -0.3 is 4.57 Å². The number of halogens is 1. The SMILES string of the molecule is CCn1cnc(S(=O)(=O)N2CCCC2CCCl)c1. The number of aromatic nitrogens is 2. The molecule has 2 rings (SSSR count). The van der Waals surface area contributed by atoms with E-state index in [1.807, 2.05) is 6.92 Å². The van der Waals surface area contributed by atoms with Gasteiger partial charge in [0.15, 0.2) is 5.03 Å². The molecule has 5 nitrogen and oxygen atoms in total. The predicted molar refractivity (Wildman–Crippen MR) is 70.2 cm³/mol. The zero-order chi connectivity index (χ0) is 13.2. The van der Waals surface area contributed by atoms with Crippen molar-refractivity contribution in [2.24, 2.45) is 0 Å². The van der Waals surface area contributed by atoms with Crippen molar-refractivity contribution in [2.45, 2.75) is 43.8 Å². The summed E-state index contributed by atoms with van der Waals surface area (Å²) in [6, 6.07) is 0.0271. The van der Waals surface area contributed by atoms with Crippen LogP contribution in [0.5, 0.6) is 0 Å². The lowest BCUT2D eigenvalue weighted by Crippen LogP contribution is -2.36. The number of aryl methyl sites for hydroxylation is 1. The Morgan fingerprint density at radius 1 is 1.56 bits per heavy atom. The highest BCUT2D eigenvalue weighted by atomic mass is 35.5. The first-order chi connectivity index (χ1) is 8.59. The lowest BCUT2D eigenvalue weighted by Gasteiger charge is -2.22. The Kier molecular flexibility index (Phi) is 4.29. The number of nitrogens with zero attached hydrogens (tertiary/aromatic N) is 3. The molecule has 18 heavy (non-hydrogen) atoms. The third kappa shape index (κ3) is 2.55. The number of imidazole rings is 1. The quantitative estimate of drug-likeness (QED) is 0.776. The fourth-order valence-electron chi connectivity index (χ4n) is 2.31. The molecular weight excluding hydrogens is 274 g/mol. The Morgan fingerprint density at radius 2 is 2.33 bits per heavy atom. The van der Waals surface area contributed by atoms with E-state index in [4.69, 9.17) is 11.6 Å². The maximum absolute atomic E-state index is 12.5. The summed E-state index contributed by atoms with van der Waals surface area (Å²) in [6.45, 7) is 3.24. The molecule has 1 aromatic heterocycles. The maximum Gasteiger partial charge on any atom is 0.262 e. The highest BCUT2D eigenvalue weighted by Gasteiger charge is 2.35. The first-order valence-corrected chi connectivity index (χ1v) is 8.16. The molecule has 0 aromatic carbocycles. The van der Waals surface area contributed by atoms with Crippen molar-refractivity contribution in [3.05, 3.63) is 12.5 Å². The van der Waals surface area contributed by atoms with Crippen LogP contribution in [0.2, 0.25) is 0 Å². The zero-order valence-corrected chi connectivity index (χ0v) is 12.0. The van der Waals surface area contributed by atoms with Crippen LogP contribution < -0.4 is 0 Å². The van der Waals surface area contributed by atoms with E-state index in [-0.39, 0.29) is 11.1 Å². The molecule has 2 heterocycles. The van der Waals surface area contributed by atoms with Crippen LogP contribution in [-0.2, 0) is 16.6 Å². The fraction of sp³-hybridized carbons (Fsp3) is 0.727. The Bertz CT molecular complexity index is 500. The molecule has 0 N–H and O–H groups in total. The second-order valence-electron chi connectivity index (χ2n) is 4.43. The minimum absolute atomic E-state index is 0.0271. The van der Waals surface area contributed by atoms with Crippen LogP contribution in [-0.4, -0.2) is 40.7 Å². The van der Waals surface area contributed by atoms with Crippen molar-refractivity contribution in [3.8, 4) is 0 Å². The maximum atomic E-state index is 12.5. The number of rotatable bonds is 5. The molecule has 7 heteroatoms. The normalized spacial score (nSPS) is 21.6. The van der Waals surface area contributed by atoms with E-state index in [1.165, 1.54) is 0 Å². The summed E-state index contributed by atoms with van der Waals surface area (Å²) in [5.41, 5.74) is 0. The smallest absolute Gasteiger partial charge is 0.262 e. The van der Waals surface area contributed by atoms with Gasteiger partial charge >= 0.3 is 0 Å². The molecule has 0 saturated carbocycles. The summed E-state index contributed by atoms with van der Waals surface area (Å²) < 4.78 is 28.2. The van der Waals surface area contributed by atoms with Gasteiger partial charge in [0.05, 0.1) is 6.33 Å². The molecule has 1 fully saturated rings. The van der Waals surface area contributed by atoms with Crippen LogP contribution >= 0.6 is 11.6 Å². The van der Waals surface area contributed by atoms with Gasteiger partial charge in [-0.25, -0.2) is 13.4 Å². The molecule has 1 aliphatic heterocycles. The molecule has 0 spiro atoms. The van der Waals surface area contributed by atoms with Gasteiger partial charge in [-0.15, -0.1) is 11.6 Å². The topological polar surface area (TPSA) is 55.2 Å². The van der Waals surface area contributed by atoms with Crippen LogP contribution in [0.25, 0.3) is 0 Å². The van der Waals surface area contributed by atoms with Gasteiger partial charge in [-0.2, -0.15) is 4.31 Å². The third-order valence-electron chi connectivity index (χ3n) is 3.31. The largest absolute Gasteiger partial charge is 0.336 e. The average molecular weight is 292 g/mol. The lowest BCUT2D eigenvalue weighted by atomic mass is 10.2. The molecule has 1 aromatic rings. The van der Waals surface area contributed by atoms with Crippen LogP contribution in [0.15, 0.2) is 17.6 Å². The molecule has 1 unspecified atom stereocenters. The van der Waals surface area contributed by atoms with Gasteiger partial charge in [0, 0.05) is 31.2 Å². The number of sulfonamides is 1. The van der Waals surface area contributed by atoms with Gasteiger partial charge in [0.2, 0.25) is 0 Å². The molecule has 0 aliphatic carbocycles. The number of hydrogen-bond acceptors (Lipinski definition) is 3. The van der Waals surface area contributed by atoms with Crippen molar-refractivity contribution in [1.29, 1.82) is 0 Å². The first kappa shape index (κ1) is 13.8. The van der Waals surface area contributed by atoms with Crippen molar-refractivity contribution in [3.63, 3.8) is 0 Å². The van der Waals surface area contributed by atoms with Gasteiger partial charge in [-0.05, 0) is 26.2 Å². The summed E-state index contributed by atoms with van der Waals surface area (Å²) in [4.78, 5) is 4.00. The Morgan fingerprint density at radius 3 is 2.94 bits per heavy atom. The molecule has 102 valence electrons. The Balaban J connectivity index is 2.24. The van der Waals surface area contributed by atoms with Crippen molar-refractivity contribution >= 4 is 21.6 Å². The lowest BCUT2D eigenvalue weighted by molar-refractivity contribution is 0.379. The average Bonchev–Trinajstić information content (AvgIpc) is 2.97. The van der Waals surface area contributed by atoms with Crippen LogP contribution in [0.1, 0.15) is 26.2 Å². The second-order valence-corrected chi connectivity index (χ2v) is 6.65. The zero-order valence-electron chi connectivity index (χ0n) is 10.4. The minimum Gasteiger partial charge on any atom is -0.336 e. The van der Waals surface area contributed by atoms with E-state index in [0.29, 0.717) is 25.4 Å². The summed E-state index contributed by atoms with van der Waals surface area (Å²) >= 11 is 5.73. The summed E-state index contributed by atoms with van der Waals surface area (Å²) in [7, 11) is -3.46. The van der Waals surface area contributed by atoms with E-state index in [9.17, 15) is 8.42 Å². The Labute approximate surface area is 113 Å². The van der Waals surface area contributed by atoms with Crippen molar-refractivity contribution in [1.82, 2.24) is 13.9 Å². The van der Waals surface area contributed by atoms with Gasteiger partial charge in [-0.1, -0.05) is 0 Å². The van der Waals surface area contributed by atoms with E-state index < -0.39 is 10.0 Å². The van der Waals surface area contributed by atoms with Crippen LogP contribution in [0.3, 0.4) is 0 Å². The number of hydrogen-bond donors (Lipinski definition) is 0. The summed E-state index contributed by atoms with van der Waals surface area (Å²) in [5, 5.41) is 0.144. The van der Waals surface area contributed by atoms with Crippen LogP contribution in [0, 0.1) is 0 Å². The monoisotopic (exact) mass is 291 g/mol. The molecular formula is C11H18ClN3O2S. The van der Waals surface area contributed by atoms with Gasteiger partial charge in [0.1, 0.15) is 0 Å². The fourth-order valence-corrected chi connectivity index (χ4v) is 4.22. The highest BCUT2D eigenvalue weighted by molar-refractivity contribution is 7.89. The molecule has 1 aliphatic rings. The molecule has 0 bridgehead atoms. The third-order valence-corrected chi connectivity index (χ3v) is 5.37. The van der Waals surface area contributed by atoms with E-state index in [2.05, 4.69) is 4.98 Å². The summed E-state index contributed by atoms with van der Waals surface area (Å²) in [6.07, 6.45) is 5.63. The molecule has 1 saturated heterocycles. The number of alkyl halides is 1. The summed E-state index contributed by atoms with van der Waals surface area (Å²) in [5.74, 6) is 0.486. The van der Waals surface area contributed by atoms with E-state index >= 15 is 0 Å². The molecule has 0 amide bonds. The molecule has 1 atom stereocenters. The second kappa shape index (κ2) is 5.59. The molecule has 0 radical (unpaired) electrons. The first-order valence-electron chi connectivity index (χ1n) is 6.19. The van der Waals surface area contributed by atoms with Gasteiger partial charge in [-0.3, -0.25) is 0 Å². The van der Waals surface area contributed by atoms with Crippen molar-refractivity contribution < 1.29 is 8.42 Å².